The molecule has 216 valence electrons. The van der Waals surface area contributed by atoms with Crippen LogP contribution in [-0.4, -0.2) is 14.7 Å². The average molecular weight is 587 g/mol. The molecule has 1 aliphatic rings. The van der Waals surface area contributed by atoms with Crippen molar-refractivity contribution in [3.05, 3.63) is 156 Å². The van der Waals surface area contributed by atoms with Crippen LogP contribution in [0.25, 0.3) is 44.2 Å². The Labute approximate surface area is 262 Å². The van der Waals surface area contributed by atoms with Crippen LogP contribution in [0.15, 0.2) is 134 Å². The molecule has 1 aliphatic carbocycles. The molecule has 44 heavy (non-hydrogen) atoms. The summed E-state index contributed by atoms with van der Waals surface area (Å²) in [5.74, 6) is 1.01. The molecular formula is C42H38OSi. The molecule has 0 atom stereocenters. The highest BCUT2D eigenvalue weighted by atomic mass is 28.3. The molecule has 6 aromatic rings. The molecule has 0 radical (unpaired) electrons. The fourth-order valence-corrected chi connectivity index (χ4v) is 11.0. The molecule has 0 saturated carbocycles. The first-order valence-corrected chi connectivity index (χ1v) is 18.6. The predicted octanol–water partition coefficient (Wildman–Crippen LogP) is 10.6. The summed E-state index contributed by atoms with van der Waals surface area (Å²) in [6.07, 6.45) is 1.85. The Balaban J connectivity index is 1.48. The van der Waals surface area contributed by atoms with E-state index in [1.165, 1.54) is 71.6 Å². The van der Waals surface area contributed by atoms with Crippen molar-refractivity contribution < 1.29 is 4.74 Å². The molecule has 0 spiro atoms. The highest BCUT2D eigenvalue weighted by molar-refractivity contribution is 6.92. The van der Waals surface area contributed by atoms with Crippen LogP contribution in [0.4, 0.5) is 0 Å². The molecule has 7 rings (SSSR count). The van der Waals surface area contributed by atoms with Crippen molar-refractivity contribution in [1.29, 1.82) is 0 Å². The normalized spacial score (nSPS) is 12.6. The Morgan fingerprint density at radius 3 is 1.75 bits per heavy atom. The Bertz CT molecular complexity index is 1960. The standard InChI is InChI=1S/C42H38OSi/c1-6-25-43-41-35-18-12-9-15-30(35)21-24-40(41)44(4,5)42-38-26-31(33-16-10-7-13-28(33)2)19-22-36(38)37-23-20-32(27-39(37)42)34-17-11-8-14-29(34)3/h6-24,26-27,42H,1,25H2,2-5H3. The molecule has 0 bridgehead atoms. The fourth-order valence-electron chi connectivity index (χ4n) is 7.37. The molecule has 2 heteroatoms. The van der Waals surface area contributed by atoms with Gasteiger partial charge in [0.1, 0.15) is 12.4 Å². The molecule has 0 aromatic heterocycles. The zero-order valence-electron chi connectivity index (χ0n) is 26.0. The second-order valence-corrected chi connectivity index (χ2v) is 17.2. The highest BCUT2D eigenvalue weighted by Crippen LogP contribution is 2.51. The van der Waals surface area contributed by atoms with Crippen LogP contribution in [0, 0.1) is 13.8 Å². The summed E-state index contributed by atoms with van der Waals surface area (Å²) in [7, 11) is -2.29. The lowest BCUT2D eigenvalue weighted by Gasteiger charge is -2.34. The SMILES string of the molecule is C=CCOc1c([Si](C)(C)C2c3cc(-c4ccccc4C)ccc3-c3ccc(-c4ccccc4C)cc32)ccc2ccccc12. The Hall–Kier alpha value is -4.66. The van der Waals surface area contributed by atoms with Crippen LogP contribution >= 0.6 is 0 Å². The van der Waals surface area contributed by atoms with Crippen molar-refractivity contribution in [3.8, 4) is 39.1 Å². The van der Waals surface area contributed by atoms with Crippen molar-refractivity contribution in [2.45, 2.75) is 32.5 Å². The van der Waals surface area contributed by atoms with E-state index in [-0.39, 0.29) is 5.54 Å². The largest absolute Gasteiger partial charge is 0.489 e. The van der Waals surface area contributed by atoms with Gasteiger partial charge < -0.3 is 4.74 Å². The summed E-state index contributed by atoms with van der Waals surface area (Å²) in [5.41, 5.74) is 13.6. The number of rotatable bonds is 7. The van der Waals surface area contributed by atoms with Crippen LogP contribution in [-0.2, 0) is 0 Å². The van der Waals surface area contributed by atoms with Gasteiger partial charge >= 0.3 is 0 Å². The van der Waals surface area contributed by atoms with Gasteiger partial charge in [-0.1, -0.05) is 147 Å². The summed E-state index contributed by atoms with van der Waals surface area (Å²) in [6.45, 7) is 13.9. The van der Waals surface area contributed by atoms with Crippen LogP contribution < -0.4 is 9.92 Å². The molecule has 0 fully saturated rings. The number of aryl methyl sites for hydroxylation is 2. The van der Waals surface area contributed by atoms with E-state index >= 15 is 0 Å². The van der Waals surface area contributed by atoms with Gasteiger partial charge in [0.2, 0.25) is 0 Å². The zero-order chi connectivity index (χ0) is 30.4. The number of benzene rings is 6. The maximum absolute atomic E-state index is 6.56. The second kappa shape index (κ2) is 11.1. The van der Waals surface area contributed by atoms with Crippen LogP contribution in [0.5, 0.6) is 5.75 Å². The van der Waals surface area contributed by atoms with E-state index in [9.17, 15) is 0 Å². The van der Waals surface area contributed by atoms with Crippen molar-refractivity contribution in [3.63, 3.8) is 0 Å². The molecule has 0 N–H and O–H groups in total. The van der Waals surface area contributed by atoms with E-state index in [2.05, 4.69) is 155 Å². The number of hydrogen-bond acceptors (Lipinski definition) is 1. The third-order valence-electron chi connectivity index (χ3n) is 9.57. The van der Waals surface area contributed by atoms with Gasteiger partial charge in [0.05, 0.1) is 8.07 Å². The summed E-state index contributed by atoms with van der Waals surface area (Å²) in [4.78, 5) is 0. The summed E-state index contributed by atoms with van der Waals surface area (Å²) in [6, 6.07) is 45.0. The molecule has 0 unspecified atom stereocenters. The third-order valence-corrected chi connectivity index (χ3v) is 13.4. The quantitative estimate of drug-likeness (QED) is 0.134. The number of hydrogen-bond donors (Lipinski definition) is 0. The summed E-state index contributed by atoms with van der Waals surface area (Å²) >= 11 is 0. The van der Waals surface area contributed by atoms with Crippen LogP contribution in [0.2, 0.25) is 13.1 Å². The third kappa shape index (κ3) is 4.62. The molecule has 6 aromatic carbocycles. The van der Waals surface area contributed by atoms with Gasteiger partial charge in [-0.2, -0.15) is 0 Å². The molecule has 0 saturated heterocycles. The van der Waals surface area contributed by atoms with Gasteiger partial charge in [0.25, 0.3) is 0 Å². The van der Waals surface area contributed by atoms with E-state index < -0.39 is 8.07 Å². The molecule has 0 amide bonds. The number of ether oxygens (including phenoxy) is 1. The Morgan fingerprint density at radius 1 is 0.636 bits per heavy atom. The van der Waals surface area contributed by atoms with Crippen LogP contribution in [0.1, 0.15) is 27.8 Å². The Morgan fingerprint density at radius 2 is 1.18 bits per heavy atom. The molecule has 1 nitrogen and oxygen atoms in total. The van der Waals surface area contributed by atoms with E-state index in [1.807, 2.05) is 6.08 Å². The molecule has 0 heterocycles. The first-order chi connectivity index (χ1) is 21.4. The molecular weight excluding hydrogens is 549 g/mol. The van der Waals surface area contributed by atoms with E-state index in [4.69, 9.17) is 4.74 Å². The fraction of sp³-hybridized carbons (Fsp3) is 0.143. The monoisotopic (exact) mass is 586 g/mol. The van der Waals surface area contributed by atoms with E-state index in [1.54, 1.807) is 0 Å². The van der Waals surface area contributed by atoms with Gasteiger partial charge in [-0.15, -0.1) is 0 Å². The second-order valence-electron chi connectivity index (χ2n) is 12.7. The van der Waals surface area contributed by atoms with Gasteiger partial charge in [-0.05, 0) is 80.1 Å². The zero-order valence-corrected chi connectivity index (χ0v) is 27.0. The minimum Gasteiger partial charge on any atom is -0.489 e. The van der Waals surface area contributed by atoms with E-state index in [0.29, 0.717) is 6.61 Å². The topological polar surface area (TPSA) is 9.23 Å². The average Bonchev–Trinajstić information content (AvgIpc) is 3.37. The first-order valence-electron chi connectivity index (χ1n) is 15.5. The number of fused-ring (bicyclic) bond motifs is 4. The summed E-state index contributed by atoms with van der Waals surface area (Å²) in [5, 5.41) is 3.73. The lowest BCUT2D eigenvalue weighted by atomic mass is 9.95. The smallest absolute Gasteiger partial charge is 0.126 e. The van der Waals surface area contributed by atoms with Gasteiger partial charge in [0, 0.05) is 10.9 Å². The lowest BCUT2D eigenvalue weighted by Crippen LogP contribution is -2.48. The predicted molar refractivity (Wildman–Crippen MR) is 191 cm³/mol. The summed E-state index contributed by atoms with van der Waals surface area (Å²) < 4.78 is 6.56. The maximum Gasteiger partial charge on any atom is 0.126 e. The van der Waals surface area contributed by atoms with Crippen molar-refractivity contribution >= 4 is 24.0 Å². The van der Waals surface area contributed by atoms with Crippen LogP contribution in [0.3, 0.4) is 0 Å². The van der Waals surface area contributed by atoms with Gasteiger partial charge in [-0.25, -0.2) is 0 Å². The van der Waals surface area contributed by atoms with Crippen molar-refractivity contribution in [2.24, 2.45) is 0 Å². The molecule has 0 aliphatic heterocycles. The lowest BCUT2D eigenvalue weighted by molar-refractivity contribution is 0.370. The van der Waals surface area contributed by atoms with Crippen molar-refractivity contribution in [1.82, 2.24) is 0 Å². The van der Waals surface area contributed by atoms with Gasteiger partial charge in [0.15, 0.2) is 0 Å². The first kappa shape index (κ1) is 28.1. The van der Waals surface area contributed by atoms with Crippen molar-refractivity contribution in [2.75, 3.05) is 6.61 Å². The van der Waals surface area contributed by atoms with E-state index in [0.717, 1.165) is 5.75 Å². The maximum atomic E-state index is 6.56. The highest BCUT2D eigenvalue weighted by Gasteiger charge is 2.44. The van der Waals surface area contributed by atoms with Gasteiger partial charge in [-0.3, -0.25) is 0 Å². The minimum atomic E-state index is -2.29. The Kier molecular flexibility index (Phi) is 7.11. The minimum absolute atomic E-state index is 0.257.